The zero-order chi connectivity index (χ0) is 13.9. The van der Waals surface area contributed by atoms with E-state index in [2.05, 4.69) is 10.5 Å². The van der Waals surface area contributed by atoms with E-state index in [-0.39, 0.29) is 11.3 Å². The second-order valence-electron chi connectivity index (χ2n) is 3.66. The minimum atomic E-state index is -1.50. The van der Waals surface area contributed by atoms with Crippen LogP contribution in [0.3, 0.4) is 0 Å². The first kappa shape index (κ1) is 13.7. The van der Waals surface area contributed by atoms with Crippen LogP contribution in [0.4, 0.5) is 0 Å². The van der Waals surface area contributed by atoms with Gasteiger partial charge in [0.15, 0.2) is 0 Å². The summed E-state index contributed by atoms with van der Waals surface area (Å²) in [4.78, 5) is 33.0. The van der Waals surface area contributed by atoms with Crippen LogP contribution in [0.5, 0.6) is 0 Å². The molecule has 0 radical (unpaired) electrons. The van der Waals surface area contributed by atoms with Gasteiger partial charge in [0.25, 0.3) is 5.91 Å². The summed E-state index contributed by atoms with van der Waals surface area (Å²) >= 11 is 0. The van der Waals surface area contributed by atoms with E-state index in [0.29, 0.717) is 5.69 Å². The molecule has 1 atom stereocenters. The molecular weight excluding hydrogens is 244 g/mol. The fourth-order valence-corrected chi connectivity index (χ4v) is 1.41. The molecule has 0 aliphatic carbocycles. The normalized spacial score (nSPS) is 11.9. The number of carboxylic acid groups (broad SMARTS) is 2. The van der Waals surface area contributed by atoms with Crippen LogP contribution in [-0.4, -0.2) is 39.3 Å². The Balaban J connectivity index is 2.85. The molecule has 1 aromatic heterocycles. The van der Waals surface area contributed by atoms with Gasteiger partial charge >= 0.3 is 11.9 Å². The fraction of sp³-hybridized carbons (Fsp3) is 0.400. The van der Waals surface area contributed by atoms with Gasteiger partial charge in [-0.05, 0) is 13.8 Å². The molecular formula is C10H12N2O6. The van der Waals surface area contributed by atoms with E-state index in [1.165, 1.54) is 13.8 Å². The van der Waals surface area contributed by atoms with Gasteiger partial charge < -0.3 is 20.1 Å². The molecule has 1 heterocycles. The molecule has 1 amide bonds. The first-order valence-electron chi connectivity index (χ1n) is 5.01. The topological polar surface area (TPSA) is 130 Å². The number of hydrogen-bond acceptors (Lipinski definition) is 5. The predicted octanol–water partition coefficient (Wildman–Crippen LogP) is -0.0509. The van der Waals surface area contributed by atoms with Gasteiger partial charge in [-0.1, -0.05) is 5.16 Å². The number of carbonyl (C=O) groups is 3. The Bertz CT molecular complexity index is 473. The van der Waals surface area contributed by atoms with Crippen LogP contribution in [0.2, 0.25) is 0 Å². The van der Waals surface area contributed by atoms with Gasteiger partial charge in [0, 0.05) is 0 Å². The van der Waals surface area contributed by atoms with Crippen molar-refractivity contribution >= 4 is 17.8 Å². The molecule has 0 aliphatic rings. The van der Waals surface area contributed by atoms with E-state index in [1.54, 1.807) is 0 Å². The third-order valence-electron chi connectivity index (χ3n) is 2.24. The summed E-state index contributed by atoms with van der Waals surface area (Å²) in [6.45, 7) is 3.03. The van der Waals surface area contributed by atoms with Crippen molar-refractivity contribution in [3.8, 4) is 0 Å². The van der Waals surface area contributed by atoms with Crippen LogP contribution in [0, 0.1) is 13.8 Å². The van der Waals surface area contributed by atoms with Crippen molar-refractivity contribution in [3.63, 3.8) is 0 Å². The average molecular weight is 256 g/mol. The van der Waals surface area contributed by atoms with Gasteiger partial charge in [0.05, 0.1) is 12.1 Å². The standard InChI is InChI=1S/C10H12N2O6/c1-4-8(5(2)18-12-4)9(15)11-6(10(16)17)3-7(13)14/h6H,3H2,1-2H3,(H,11,15)(H,13,14)(H,16,17). The lowest BCUT2D eigenvalue weighted by Gasteiger charge is -2.11. The maximum atomic E-state index is 11.8. The van der Waals surface area contributed by atoms with Crippen LogP contribution >= 0.6 is 0 Å². The third-order valence-corrected chi connectivity index (χ3v) is 2.24. The van der Waals surface area contributed by atoms with Gasteiger partial charge in [0.1, 0.15) is 17.4 Å². The van der Waals surface area contributed by atoms with Crippen molar-refractivity contribution in [1.29, 1.82) is 0 Å². The van der Waals surface area contributed by atoms with Crippen molar-refractivity contribution < 1.29 is 29.1 Å². The molecule has 8 heteroatoms. The predicted molar refractivity (Wildman–Crippen MR) is 57.1 cm³/mol. The molecule has 3 N–H and O–H groups in total. The van der Waals surface area contributed by atoms with E-state index in [1.807, 2.05) is 0 Å². The van der Waals surface area contributed by atoms with Crippen LogP contribution in [0.1, 0.15) is 28.2 Å². The van der Waals surface area contributed by atoms with E-state index < -0.39 is 30.3 Å². The number of nitrogens with zero attached hydrogens (tertiary/aromatic N) is 1. The second kappa shape index (κ2) is 5.30. The van der Waals surface area contributed by atoms with E-state index in [0.717, 1.165) is 0 Å². The summed E-state index contributed by atoms with van der Waals surface area (Å²) in [5.41, 5.74) is 0.427. The molecule has 0 saturated carbocycles. The zero-order valence-corrected chi connectivity index (χ0v) is 9.76. The van der Waals surface area contributed by atoms with Gasteiger partial charge in [-0.15, -0.1) is 0 Å². The summed E-state index contributed by atoms with van der Waals surface area (Å²) in [6.07, 6.45) is -0.704. The maximum Gasteiger partial charge on any atom is 0.326 e. The first-order chi connectivity index (χ1) is 8.32. The minimum absolute atomic E-state index is 0.117. The number of rotatable bonds is 5. The lowest BCUT2D eigenvalue weighted by molar-refractivity contribution is -0.145. The molecule has 1 unspecified atom stereocenters. The van der Waals surface area contributed by atoms with E-state index >= 15 is 0 Å². The molecule has 18 heavy (non-hydrogen) atoms. The fourth-order valence-electron chi connectivity index (χ4n) is 1.41. The third kappa shape index (κ3) is 3.06. The van der Waals surface area contributed by atoms with Crippen molar-refractivity contribution in [3.05, 3.63) is 17.0 Å². The number of hydrogen-bond donors (Lipinski definition) is 3. The SMILES string of the molecule is Cc1noc(C)c1C(=O)NC(CC(=O)O)C(=O)O. The van der Waals surface area contributed by atoms with Crippen molar-refractivity contribution in [1.82, 2.24) is 10.5 Å². The Morgan fingerprint density at radius 1 is 1.33 bits per heavy atom. The number of nitrogens with one attached hydrogen (secondary N) is 1. The highest BCUT2D eigenvalue weighted by Crippen LogP contribution is 2.12. The van der Waals surface area contributed by atoms with Gasteiger partial charge in [-0.3, -0.25) is 9.59 Å². The van der Waals surface area contributed by atoms with Crippen LogP contribution in [0.15, 0.2) is 4.52 Å². The van der Waals surface area contributed by atoms with E-state index in [4.69, 9.17) is 14.7 Å². The zero-order valence-electron chi connectivity index (χ0n) is 9.76. The lowest BCUT2D eigenvalue weighted by Crippen LogP contribution is -2.42. The quantitative estimate of drug-likeness (QED) is 0.673. The summed E-state index contributed by atoms with van der Waals surface area (Å²) in [5.74, 6) is -3.22. The van der Waals surface area contributed by atoms with Crippen LogP contribution < -0.4 is 5.32 Å². The molecule has 0 aromatic carbocycles. The number of aliphatic carboxylic acids is 2. The maximum absolute atomic E-state index is 11.8. The Morgan fingerprint density at radius 2 is 1.94 bits per heavy atom. The van der Waals surface area contributed by atoms with Gasteiger partial charge in [-0.2, -0.15) is 0 Å². The molecule has 0 aliphatic heterocycles. The summed E-state index contributed by atoms with van der Waals surface area (Å²) in [6, 6.07) is -1.50. The molecule has 8 nitrogen and oxygen atoms in total. The Labute approximate surface area is 102 Å². The number of aryl methyl sites for hydroxylation is 2. The molecule has 98 valence electrons. The smallest absolute Gasteiger partial charge is 0.326 e. The number of amides is 1. The Morgan fingerprint density at radius 3 is 2.33 bits per heavy atom. The first-order valence-corrected chi connectivity index (χ1v) is 5.01. The number of carbonyl (C=O) groups excluding carboxylic acids is 1. The molecule has 1 rings (SSSR count). The Hall–Kier alpha value is -2.38. The van der Waals surface area contributed by atoms with Crippen LogP contribution in [-0.2, 0) is 9.59 Å². The average Bonchev–Trinajstić information content (AvgIpc) is 2.56. The second-order valence-corrected chi connectivity index (χ2v) is 3.66. The largest absolute Gasteiger partial charge is 0.481 e. The molecule has 0 fully saturated rings. The van der Waals surface area contributed by atoms with Crippen molar-refractivity contribution in [2.45, 2.75) is 26.3 Å². The highest BCUT2D eigenvalue weighted by Gasteiger charge is 2.26. The molecule has 0 saturated heterocycles. The molecule has 0 bridgehead atoms. The van der Waals surface area contributed by atoms with Crippen LogP contribution in [0.25, 0.3) is 0 Å². The molecule has 0 spiro atoms. The monoisotopic (exact) mass is 256 g/mol. The molecule has 1 aromatic rings. The number of carboxylic acids is 2. The summed E-state index contributed by atoms with van der Waals surface area (Å²) in [7, 11) is 0. The highest BCUT2D eigenvalue weighted by molar-refractivity contribution is 5.98. The van der Waals surface area contributed by atoms with Gasteiger partial charge in [-0.25, -0.2) is 4.79 Å². The van der Waals surface area contributed by atoms with E-state index in [9.17, 15) is 14.4 Å². The summed E-state index contributed by atoms with van der Waals surface area (Å²) < 4.78 is 4.76. The number of aromatic nitrogens is 1. The summed E-state index contributed by atoms with van der Waals surface area (Å²) in [5, 5.41) is 23.0. The lowest BCUT2D eigenvalue weighted by atomic mass is 10.1. The highest BCUT2D eigenvalue weighted by atomic mass is 16.5. The van der Waals surface area contributed by atoms with Crippen molar-refractivity contribution in [2.75, 3.05) is 0 Å². The minimum Gasteiger partial charge on any atom is -0.481 e. The van der Waals surface area contributed by atoms with Gasteiger partial charge in [0.2, 0.25) is 0 Å². The Kier molecular flexibility index (Phi) is 4.03. The van der Waals surface area contributed by atoms with Crippen molar-refractivity contribution in [2.24, 2.45) is 0 Å².